The first-order valence-corrected chi connectivity index (χ1v) is 10.0. The lowest BCUT2D eigenvalue weighted by Crippen LogP contribution is -2.43. The van der Waals surface area contributed by atoms with Crippen LogP contribution < -0.4 is 20.7 Å². The van der Waals surface area contributed by atoms with Gasteiger partial charge >= 0.3 is 12.6 Å². The number of carbonyl (C=O) groups is 2. The van der Waals surface area contributed by atoms with Gasteiger partial charge in [-0.3, -0.25) is 4.79 Å². The largest absolute Gasteiger partial charge is 0.435 e. The smallest absolute Gasteiger partial charge is 0.387 e. The molecule has 0 aliphatic heterocycles. The monoisotopic (exact) mass is 439 g/mol. The maximum absolute atomic E-state index is 12.8. The van der Waals surface area contributed by atoms with Gasteiger partial charge < -0.3 is 20.7 Å². The van der Waals surface area contributed by atoms with Crippen molar-refractivity contribution in [1.82, 2.24) is 10.6 Å². The molecule has 3 N–H and O–H groups in total. The molecular weight excluding hydrogens is 416 g/mol. The Morgan fingerprint density at radius 3 is 2.09 bits per heavy atom. The van der Waals surface area contributed by atoms with E-state index in [-0.39, 0.29) is 11.7 Å². The molecule has 3 rings (SSSR count). The number of hydrogen-bond acceptors (Lipinski definition) is 3. The van der Waals surface area contributed by atoms with E-state index in [2.05, 4.69) is 20.7 Å². The standard InChI is InChI=1S/C24H23F2N3O3/c25-23(26)32-20-13-11-17(12-14-20)15-16-27-24(31)29-21(18-7-3-1-4-8-18)22(30)28-19-9-5-2-6-10-19/h1-14,21,23H,15-16H2,(H,28,30)(H2,27,29,31). The van der Waals surface area contributed by atoms with Gasteiger partial charge in [0.15, 0.2) is 0 Å². The second-order valence-electron chi connectivity index (χ2n) is 6.87. The molecule has 0 aliphatic rings. The van der Waals surface area contributed by atoms with Crippen LogP contribution in [0.3, 0.4) is 0 Å². The van der Waals surface area contributed by atoms with Gasteiger partial charge in [-0.25, -0.2) is 4.79 Å². The molecular formula is C24H23F2N3O3. The van der Waals surface area contributed by atoms with Crippen LogP contribution in [0.25, 0.3) is 0 Å². The lowest BCUT2D eigenvalue weighted by atomic mass is 10.1. The molecule has 0 spiro atoms. The first-order chi connectivity index (χ1) is 15.5. The number of alkyl halides is 2. The molecule has 0 aliphatic carbocycles. The normalized spacial score (nSPS) is 11.5. The lowest BCUT2D eigenvalue weighted by molar-refractivity contribution is -0.118. The number of para-hydroxylation sites is 1. The van der Waals surface area contributed by atoms with Crippen LogP contribution in [0.15, 0.2) is 84.9 Å². The third kappa shape index (κ3) is 7.09. The Kier molecular flexibility index (Phi) is 8.14. The maximum Gasteiger partial charge on any atom is 0.387 e. The molecule has 0 fully saturated rings. The van der Waals surface area contributed by atoms with E-state index < -0.39 is 18.7 Å². The molecule has 0 heterocycles. The molecule has 1 unspecified atom stereocenters. The van der Waals surface area contributed by atoms with Gasteiger partial charge in [0.25, 0.3) is 5.91 Å². The van der Waals surface area contributed by atoms with Gasteiger partial charge in [0, 0.05) is 12.2 Å². The highest BCUT2D eigenvalue weighted by molar-refractivity contribution is 5.97. The zero-order valence-electron chi connectivity index (χ0n) is 17.1. The van der Waals surface area contributed by atoms with Crippen LogP contribution >= 0.6 is 0 Å². The van der Waals surface area contributed by atoms with Crippen LogP contribution in [0.5, 0.6) is 5.75 Å². The Morgan fingerprint density at radius 1 is 0.844 bits per heavy atom. The summed E-state index contributed by atoms with van der Waals surface area (Å²) < 4.78 is 28.7. The Morgan fingerprint density at radius 2 is 1.47 bits per heavy atom. The fraction of sp³-hybridized carbons (Fsp3) is 0.167. The number of halogens is 2. The molecule has 0 bridgehead atoms. The highest BCUT2D eigenvalue weighted by Gasteiger charge is 2.22. The number of anilines is 1. The van der Waals surface area contributed by atoms with Crippen molar-refractivity contribution in [2.24, 2.45) is 0 Å². The third-order valence-electron chi connectivity index (χ3n) is 4.56. The Balaban J connectivity index is 1.56. The average molecular weight is 439 g/mol. The Labute approximate surface area is 184 Å². The van der Waals surface area contributed by atoms with Crippen molar-refractivity contribution in [3.05, 3.63) is 96.1 Å². The molecule has 0 aromatic heterocycles. The van der Waals surface area contributed by atoms with Gasteiger partial charge in [-0.15, -0.1) is 0 Å². The number of rotatable bonds is 9. The van der Waals surface area contributed by atoms with Crippen molar-refractivity contribution < 1.29 is 23.1 Å². The van der Waals surface area contributed by atoms with E-state index in [0.29, 0.717) is 24.2 Å². The maximum atomic E-state index is 12.8. The van der Waals surface area contributed by atoms with Crippen LogP contribution in [0.2, 0.25) is 0 Å². The van der Waals surface area contributed by atoms with Crippen LogP contribution in [0, 0.1) is 0 Å². The van der Waals surface area contributed by atoms with E-state index >= 15 is 0 Å². The zero-order chi connectivity index (χ0) is 22.8. The van der Waals surface area contributed by atoms with Crippen LogP contribution in [-0.2, 0) is 11.2 Å². The zero-order valence-corrected chi connectivity index (χ0v) is 17.1. The summed E-state index contributed by atoms with van der Waals surface area (Å²) in [6.45, 7) is -2.58. The predicted molar refractivity (Wildman–Crippen MR) is 118 cm³/mol. The van der Waals surface area contributed by atoms with Gasteiger partial charge in [-0.2, -0.15) is 8.78 Å². The van der Waals surface area contributed by atoms with Crippen molar-refractivity contribution in [2.45, 2.75) is 19.1 Å². The molecule has 3 amide bonds. The second-order valence-corrected chi connectivity index (χ2v) is 6.87. The summed E-state index contributed by atoms with van der Waals surface area (Å²) in [6.07, 6.45) is 0.481. The van der Waals surface area contributed by atoms with E-state index in [1.807, 2.05) is 12.1 Å². The number of amides is 3. The van der Waals surface area contributed by atoms with Gasteiger partial charge in [0.2, 0.25) is 0 Å². The molecule has 3 aromatic carbocycles. The third-order valence-corrected chi connectivity index (χ3v) is 4.56. The van der Waals surface area contributed by atoms with E-state index in [0.717, 1.165) is 5.56 Å². The highest BCUT2D eigenvalue weighted by Crippen LogP contribution is 2.17. The van der Waals surface area contributed by atoms with Crippen LogP contribution in [0.1, 0.15) is 17.2 Å². The Hall–Kier alpha value is -3.94. The van der Waals surface area contributed by atoms with Gasteiger partial charge in [-0.1, -0.05) is 60.7 Å². The van der Waals surface area contributed by atoms with Crippen molar-refractivity contribution in [2.75, 3.05) is 11.9 Å². The first-order valence-electron chi connectivity index (χ1n) is 10.0. The Bertz CT molecular complexity index is 1000. The summed E-state index contributed by atoms with van der Waals surface area (Å²) in [7, 11) is 0. The number of nitrogens with one attached hydrogen (secondary N) is 3. The molecule has 3 aromatic rings. The minimum absolute atomic E-state index is 0.0737. The number of carbonyl (C=O) groups excluding carboxylic acids is 2. The van der Waals surface area contributed by atoms with Gasteiger partial charge in [-0.05, 0) is 41.8 Å². The minimum Gasteiger partial charge on any atom is -0.435 e. The summed E-state index contributed by atoms with van der Waals surface area (Å²) in [5.74, 6) is -0.295. The number of benzene rings is 3. The van der Waals surface area contributed by atoms with E-state index in [4.69, 9.17) is 0 Å². The topological polar surface area (TPSA) is 79.5 Å². The van der Waals surface area contributed by atoms with Crippen LogP contribution in [0.4, 0.5) is 19.3 Å². The summed E-state index contributed by atoms with van der Waals surface area (Å²) >= 11 is 0. The fourth-order valence-corrected chi connectivity index (χ4v) is 3.02. The first kappa shape index (κ1) is 22.7. The van der Waals surface area contributed by atoms with Crippen LogP contribution in [-0.4, -0.2) is 25.1 Å². The lowest BCUT2D eigenvalue weighted by Gasteiger charge is -2.19. The average Bonchev–Trinajstić information content (AvgIpc) is 2.79. The molecule has 0 radical (unpaired) electrons. The van der Waals surface area contributed by atoms with Crippen molar-refractivity contribution in [3.63, 3.8) is 0 Å². The van der Waals surface area contributed by atoms with E-state index in [1.165, 1.54) is 12.1 Å². The predicted octanol–water partition coefficient (Wildman–Crippen LogP) is 4.51. The van der Waals surface area contributed by atoms with Crippen molar-refractivity contribution >= 4 is 17.6 Å². The van der Waals surface area contributed by atoms with E-state index in [1.54, 1.807) is 60.7 Å². The minimum atomic E-state index is -2.87. The van der Waals surface area contributed by atoms with Crippen molar-refractivity contribution in [1.29, 1.82) is 0 Å². The molecule has 6 nitrogen and oxygen atoms in total. The molecule has 8 heteroatoms. The summed E-state index contributed by atoms with van der Waals surface area (Å²) in [4.78, 5) is 25.3. The summed E-state index contributed by atoms with van der Waals surface area (Å²) in [5.41, 5.74) is 2.11. The SMILES string of the molecule is O=C(NCCc1ccc(OC(F)F)cc1)NC(C(=O)Nc1ccccc1)c1ccccc1. The summed E-state index contributed by atoms with van der Waals surface area (Å²) in [5, 5.41) is 8.22. The highest BCUT2D eigenvalue weighted by atomic mass is 19.3. The molecule has 166 valence electrons. The van der Waals surface area contributed by atoms with Crippen molar-refractivity contribution in [3.8, 4) is 5.75 Å². The molecule has 0 saturated heterocycles. The molecule has 1 atom stereocenters. The number of hydrogen-bond donors (Lipinski definition) is 3. The fourth-order valence-electron chi connectivity index (χ4n) is 3.02. The molecule has 32 heavy (non-hydrogen) atoms. The second kappa shape index (κ2) is 11.5. The van der Waals surface area contributed by atoms with Gasteiger partial charge in [0.05, 0.1) is 0 Å². The quantitative estimate of drug-likeness (QED) is 0.459. The molecule has 0 saturated carbocycles. The van der Waals surface area contributed by atoms with E-state index in [9.17, 15) is 18.4 Å². The number of urea groups is 1. The van der Waals surface area contributed by atoms with Gasteiger partial charge in [0.1, 0.15) is 11.8 Å². The summed E-state index contributed by atoms with van der Waals surface area (Å²) in [6, 6.07) is 22.7. The number of ether oxygens (including phenoxy) is 1.